The Morgan fingerprint density at radius 2 is 1.00 bits per heavy atom. The van der Waals surface area contributed by atoms with Gasteiger partial charge in [-0.3, -0.25) is 0 Å². The lowest BCUT2D eigenvalue weighted by Crippen LogP contribution is -1.90. The van der Waals surface area contributed by atoms with Crippen molar-refractivity contribution in [3.63, 3.8) is 0 Å². The maximum absolute atomic E-state index is 3.95. The second-order valence-electron chi connectivity index (χ2n) is 2.42. The summed E-state index contributed by atoms with van der Waals surface area (Å²) in [6.07, 6.45) is 0. The van der Waals surface area contributed by atoms with Gasteiger partial charge in [0.2, 0.25) is 0 Å². The Balaban J connectivity index is 3.34. The van der Waals surface area contributed by atoms with Gasteiger partial charge in [-0.05, 0) is 27.7 Å². The highest BCUT2D eigenvalue weighted by Gasteiger charge is 1.87. The Hall–Kier alpha value is -0.400. The summed E-state index contributed by atoms with van der Waals surface area (Å²) in [5, 5.41) is 7.90. The van der Waals surface area contributed by atoms with Crippen molar-refractivity contribution in [1.82, 2.24) is 0 Å². The van der Waals surface area contributed by atoms with E-state index in [4.69, 9.17) is 0 Å². The highest BCUT2D eigenvalue weighted by Crippen LogP contribution is 1.91. The topological polar surface area (TPSA) is 24.7 Å². The van der Waals surface area contributed by atoms with E-state index in [-0.39, 0.29) is 0 Å². The zero-order valence-corrected chi connectivity index (χ0v) is 6.05. The summed E-state index contributed by atoms with van der Waals surface area (Å²) in [7, 11) is 0. The summed E-state index contributed by atoms with van der Waals surface area (Å²) >= 11 is 0. The van der Waals surface area contributed by atoms with Crippen LogP contribution in [-0.2, 0) is 0 Å². The molecule has 0 saturated carbocycles. The Labute approximate surface area is 51.0 Å². The summed E-state index contributed by atoms with van der Waals surface area (Å²) < 4.78 is 0. The second kappa shape index (κ2) is 3.58. The molecule has 8 heavy (non-hydrogen) atoms. The summed E-state index contributed by atoms with van der Waals surface area (Å²) in [4.78, 5) is 0. The minimum atomic E-state index is 0.345. The largest absolute Gasteiger partial charge is 0.191 e. The highest BCUT2D eigenvalue weighted by molar-refractivity contribution is 4.49. The minimum Gasteiger partial charge on any atom is -0.191 e. The Kier molecular flexibility index (Phi) is 3.40. The fourth-order valence-electron chi connectivity index (χ4n) is 0.267. The monoisotopic (exact) mass is 114 g/mol. The van der Waals surface area contributed by atoms with Crippen molar-refractivity contribution in [2.45, 2.75) is 39.8 Å². The first-order valence-corrected chi connectivity index (χ1v) is 3.03. The lowest BCUT2D eigenvalue weighted by molar-refractivity contribution is 0.678. The van der Waals surface area contributed by atoms with Gasteiger partial charge in [0.05, 0.1) is 12.1 Å². The van der Waals surface area contributed by atoms with E-state index in [9.17, 15) is 0 Å². The third-order valence-electron chi connectivity index (χ3n) is 0.529. The molecule has 0 aromatic carbocycles. The van der Waals surface area contributed by atoms with Crippen molar-refractivity contribution in [3.05, 3.63) is 0 Å². The SMILES string of the molecule is CC(C)/N=N\C(C)C. The van der Waals surface area contributed by atoms with Gasteiger partial charge in [0.1, 0.15) is 0 Å². The molecule has 0 aliphatic heterocycles. The van der Waals surface area contributed by atoms with Crippen molar-refractivity contribution in [3.8, 4) is 0 Å². The molecular weight excluding hydrogens is 100 g/mol. The van der Waals surface area contributed by atoms with Crippen molar-refractivity contribution < 1.29 is 0 Å². The number of hydrogen-bond donors (Lipinski definition) is 0. The molecule has 0 aliphatic carbocycles. The van der Waals surface area contributed by atoms with E-state index in [1.54, 1.807) is 0 Å². The lowest BCUT2D eigenvalue weighted by atomic mass is 10.4. The Morgan fingerprint density at radius 1 is 0.750 bits per heavy atom. The Bertz CT molecular complexity index is 64.6. The van der Waals surface area contributed by atoms with Crippen molar-refractivity contribution >= 4 is 0 Å². The molecule has 2 heteroatoms. The fourth-order valence-corrected chi connectivity index (χ4v) is 0.267. The normalized spacial score (nSPS) is 12.2. The summed E-state index contributed by atoms with van der Waals surface area (Å²) in [6.45, 7) is 8.08. The van der Waals surface area contributed by atoms with Crippen molar-refractivity contribution in [1.29, 1.82) is 0 Å². The van der Waals surface area contributed by atoms with Crippen LogP contribution >= 0.6 is 0 Å². The van der Waals surface area contributed by atoms with E-state index in [2.05, 4.69) is 10.2 Å². The molecule has 0 aromatic rings. The third kappa shape index (κ3) is 5.60. The van der Waals surface area contributed by atoms with E-state index in [1.165, 1.54) is 0 Å². The van der Waals surface area contributed by atoms with Crippen LogP contribution in [0.1, 0.15) is 27.7 Å². The second-order valence-corrected chi connectivity index (χ2v) is 2.42. The van der Waals surface area contributed by atoms with Gasteiger partial charge >= 0.3 is 0 Å². The van der Waals surface area contributed by atoms with Crippen LogP contribution in [0.2, 0.25) is 0 Å². The molecule has 0 aromatic heterocycles. The van der Waals surface area contributed by atoms with Gasteiger partial charge in [0.25, 0.3) is 0 Å². The summed E-state index contributed by atoms with van der Waals surface area (Å²) in [5.74, 6) is 0. The van der Waals surface area contributed by atoms with Gasteiger partial charge in [-0.2, -0.15) is 10.2 Å². The van der Waals surface area contributed by atoms with Crippen LogP contribution in [-0.4, -0.2) is 12.1 Å². The fraction of sp³-hybridized carbons (Fsp3) is 1.00. The van der Waals surface area contributed by atoms with E-state index in [0.717, 1.165) is 0 Å². The molecule has 0 fully saturated rings. The first kappa shape index (κ1) is 7.60. The molecule has 0 radical (unpaired) electrons. The predicted molar refractivity (Wildman–Crippen MR) is 35.1 cm³/mol. The first-order chi connectivity index (χ1) is 3.63. The molecule has 0 N–H and O–H groups in total. The quantitative estimate of drug-likeness (QED) is 0.492. The van der Waals surface area contributed by atoms with Gasteiger partial charge in [-0.1, -0.05) is 0 Å². The van der Waals surface area contributed by atoms with Crippen LogP contribution in [0.3, 0.4) is 0 Å². The number of nitrogens with zero attached hydrogens (tertiary/aromatic N) is 2. The maximum atomic E-state index is 3.95. The van der Waals surface area contributed by atoms with Crippen molar-refractivity contribution in [2.75, 3.05) is 0 Å². The molecule has 0 rings (SSSR count). The average Bonchev–Trinajstić information content (AvgIpc) is 1.61. The zero-order chi connectivity index (χ0) is 6.57. The number of rotatable bonds is 2. The minimum absolute atomic E-state index is 0.345. The number of azo groups is 1. The van der Waals surface area contributed by atoms with E-state index >= 15 is 0 Å². The first-order valence-electron chi connectivity index (χ1n) is 3.03. The molecule has 0 bridgehead atoms. The molecule has 0 heterocycles. The molecule has 0 spiro atoms. The van der Waals surface area contributed by atoms with Gasteiger partial charge < -0.3 is 0 Å². The van der Waals surface area contributed by atoms with Crippen LogP contribution in [0.4, 0.5) is 0 Å². The molecule has 0 aliphatic rings. The molecule has 48 valence electrons. The van der Waals surface area contributed by atoms with Crippen LogP contribution in [0, 0.1) is 0 Å². The van der Waals surface area contributed by atoms with Crippen LogP contribution < -0.4 is 0 Å². The molecule has 0 saturated heterocycles. The molecule has 2 nitrogen and oxygen atoms in total. The molecular formula is C6H14N2. The standard InChI is InChI=1S/C6H14N2/c1-5(2)7-8-6(3)4/h5-6H,1-4H3/b8-7-. The van der Waals surface area contributed by atoms with Gasteiger partial charge in [0, 0.05) is 0 Å². The molecule has 0 atom stereocenters. The maximum Gasteiger partial charge on any atom is 0.0652 e. The highest BCUT2D eigenvalue weighted by atomic mass is 15.1. The van der Waals surface area contributed by atoms with E-state index < -0.39 is 0 Å². The van der Waals surface area contributed by atoms with Crippen LogP contribution in [0.5, 0.6) is 0 Å². The smallest absolute Gasteiger partial charge is 0.0652 e. The molecule has 0 amide bonds. The van der Waals surface area contributed by atoms with Gasteiger partial charge in [0.15, 0.2) is 0 Å². The van der Waals surface area contributed by atoms with E-state index in [1.807, 2.05) is 27.7 Å². The van der Waals surface area contributed by atoms with Crippen LogP contribution in [0.15, 0.2) is 10.2 Å². The van der Waals surface area contributed by atoms with Gasteiger partial charge in [-0.25, -0.2) is 0 Å². The lowest BCUT2D eigenvalue weighted by Gasteiger charge is -1.94. The summed E-state index contributed by atoms with van der Waals surface area (Å²) in [6, 6.07) is 0.690. The van der Waals surface area contributed by atoms with Crippen molar-refractivity contribution in [2.24, 2.45) is 10.2 Å². The molecule has 0 unspecified atom stereocenters. The summed E-state index contributed by atoms with van der Waals surface area (Å²) in [5.41, 5.74) is 0. The predicted octanol–water partition coefficient (Wildman–Crippen LogP) is 2.26. The van der Waals surface area contributed by atoms with Gasteiger partial charge in [-0.15, -0.1) is 0 Å². The zero-order valence-electron chi connectivity index (χ0n) is 6.05. The van der Waals surface area contributed by atoms with Crippen LogP contribution in [0.25, 0.3) is 0 Å². The average molecular weight is 114 g/mol. The Morgan fingerprint density at radius 3 is 1.12 bits per heavy atom. The van der Waals surface area contributed by atoms with E-state index in [0.29, 0.717) is 12.1 Å². The number of hydrogen-bond acceptors (Lipinski definition) is 2. The third-order valence-corrected chi connectivity index (χ3v) is 0.529.